The van der Waals surface area contributed by atoms with Gasteiger partial charge in [0.25, 0.3) is 5.88 Å². The van der Waals surface area contributed by atoms with E-state index in [-0.39, 0.29) is 17.1 Å². The van der Waals surface area contributed by atoms with Crippen LogP contribution in [0.4, 0.5) is 0 Å². The summed E-state index contributed by atoms with van der Waals surface area (Å²) in [4.78, 5) is 21.5. The Kier molecular flexibility index (Phi) is 4.23. The number of carboxylic acid groups (broad SMARTS) is 1. The van der Waals surface area contributed by atoms with Crippen molar-refractivity contribution in [2.24, 2.45) is 0 Å². The number of benzene rings is 1. The lowest BCUT2D eigenvalue weighted by Crippen LogP contribution is -2.32. The van der Waals surface area contributed by atoms with Crippen LogP contribution in [0, 0.1) is 0 Å². The van der Waals surface area contributed by atoms with E-state index in [9.17, 15) is 4.79 Å². The van der Waals surface area contributed by atoms with Gasteiger partial charge in [-0.25, -0.2) is 9.97 Å². The minimum absolute atomic E-state index is 0.157. The van der Waals surface area contributed by atoms with Crippen molar-refractivity contribution in [1.82, 2.24) is 14.9 Å². The van der Waals surface area contributed by atoms with Crippen molar-refractivity contribution in [2.75, 3.05) is 20.7 Å². The van der Waals surface area contributed by atoms with Crippen LogP contribution >= 0.6 is 11.6 Å². The Hall–Kier alpha value is -2.12. The van der Waals surface area contributed by atoms with Gasteiger partial charge in [-0.05, 0) is 19.2 Å². The number of methoxy groups -OCH3 is 1. The second-order valence-electron chi connectivity index (χ2n) is 5.44. The molecule has 1 aliphatic rings. The minimum atomic E-state index is -0.862. The average Bonchev–Trinajstić information content (AvgIpc) is 2.88. The Morgan fingerprint density at radius 1 is 1.39 bits per heavy atom. The molecule has 0 radical (unpaired) electrons. The third-order valence-corrected chi connectivity index (χ3v) is 4.12. The number of likely N-dealkylation sites (tertiary alicyclic amines) is 1. The lowest BCUT2D eigenvalue weighted by Gasteiger charge is -2.14. The summed E-state index contributed by atoms with van der Waals surface area (Å²) in [5.74, 6) is 0.00232. The SMILES string of the molecule is COc1ccc2nc(Cl)c(O[C@@H]3C[C@@H](C(=O)O)N(C)C3)nc2c1. The fraction of sp³-hybridized carbons (Fsp3) is 0.400. The largest absolute Gasteiger partial charge is 0.497 e. The number of fused-ring (bicyclic) bond motifs is 1. The molecule has 1 aromatic heterocycles. The van der Waals surface area contributed by atoms with Gasteiger partial charge in [-0.3, -0.25) is 9.69 Å². The first kappa shape index (κ1) is 15.8. The Balaban J connectivity index is 1.85. The van der Waals surface area contributed by atoms with Gasteiger partial charge in [0.15, 0.2) is 5.15 Å². The Bertz CT molecular complexity index is 755. The van der Waals surface area contributed by atoms with Crippen molar-refractivity contribution in [3.8, 4) is 11.6 Å². The van der Waals surface area contributed by atoms with E-state index in [4.69, 9.17) is 26.2 Å². The van der Waals surface area contributed by atoms with E-state index < -0.39 is 12.0 Å². The van der Waals surface area contributed by atoms with Crippen molar-refractivity contribution >= 4 is 28.6 Å². The highest BCUT2D eigenvalue weighted by molar-refractivity contribution is 6.31. The number of carbonyl (C=O) groups is 1. The molecule has 2 aromatic rings. The molecule has 3 rings (SSSR count). The minimum Gasteiger partial charge on any atom is -0.497 e. The van der Waals surface area contributed by atoms with Gasteiger partial charge in [-0.15, -0.1) is 0 Å². The molecule has 2 heterocycles. The van der Waals surface area contributed by atoms with E-state index in [0.29, 0.717) is 29.7 Å². The zero-order chi connectivity index (χ0) is 16.6. The highest BCUT2D eigenvalue weighted by Crippen LogP contribution is 2.28. The maximum absolute atomic E-state index is 11.2. The summed E-state index contributed by atoms with van der Waals surface area (Å²) in [5.41, 5.74) is 1.24. The lowest BCUT2D eigenvalue weighted by molar-refractivity contribution is -0.141. The Morgan fingerprint density at radius 2 is 2.17 bits per heavy atom. The Labute approximate surface area is 137 Å². The number of carboxylic acids is 1. The van der Waals surface area contributed by atoms with Crippen LogP contribution in [0.3, 0.4) is 0 Å². The van der Waals surface area contributed by atoms with Crippen molar-refractivity contribution in [3.63, 3.8) is 0 Å². The molecule has 1 aliphatic heterocycles. The molecule has 1 fully saturated rings. The molecular weight excluding hydrogens is 322 g/mol. The zero-order valence-corrected chi connectivity index (χ0v) is 13.4. The van der Waals surface area contributed by atoms with Crippen LogP contribution in [0.1, 0.15) is 6.42 Å². The molecule has 122 valence electrons. The standard InChI is InChI=1S/C15H16ClN3O4/c1-19-7-9(6-12(19)15(20)21)23-14-13(16)17-10-4-3-8(22-2)5-11(10)18-14/h3-5,9,12H,6-7H2,1-2H3,(H,20,21)/t9-,12+/m1/s1. The molecule has 0 unspecified atom stereocenters. The van der Waals surface area contributed by atoms with Gasteiger partial charge in [-0.1, -0.05) is 11.6 Å². The number of hydrogen-bond donors (Lipinski definition) is 1. The van der Waals surface area contributed by atoms with Gasteiger partial charge < -0.3 is 14.6 Å². The average molecular weight is 338 g/mol. The molecule has 8 heteroatoms. The Morgan fingerprint density at radius 3 is 2.83 bits per heavy atom. The first-order chi connectivity index (χ1) is 11.0. The molecule has 0 bridgehead atoms. The third-order valence-electron chi connectivity index (χ3n) is 3.87. The summed E-state index contributed by atoms with van der Waals surface area (Å²) >= 11 is 6.13. The number of nitrogens with zero attached hydrogens (tertiary/aromatic N) is 3. The molecule has 0 saturated carbocycles. The van der Waals surface area contributed by atoms with E-state index >= 15 is 0 Å². The van der Waals surface area contributed by atoms with Crippen LogP contribution in [0.2, 0.25) is 5.15 Å². The molecule has 1 saturated heterocycles. The van der Waals surface area contributed by atoms with Crippen molar-refractivity contribution in [3.05, 3.63) is 23.4 Å². The van der Waals surface area contributed by atoms with Gasteiger partial charge in [0, 0.05) is 19.0 Å². The lowest BCUT2D eigenvalue weighted by atomic mass is 10.2. The second kappa shape index (κ2) is 6.17. The normalized spacial score (nSPS) is 21.5. The number of aliphatic carboxylic acids is 1. The highest BCUT2D eigenvalue weighted by atomic mass is 35.5. The van der Waals surface area contributed by atoms with Crippen LogP contribution in [0.5, 0.6) is 11.6 Å². The number of hydrogen-bond acceptors (Lipinski definition) is 6. The number of likely N-dealkylation sites (N-methyl/N-ethyl adjacent to an activating group) is 1. The van der Waals surface area contributed by atoms with Crippen molar-refractivity contribution < 1.29 is 19.4 Å². The van der Waals surface area contributed by atoms with E-state index in [1.807, 2.05) is 0 Å². The van der Waals surface area contributed by atoms with E-state index in [0.717, 1.165) is 0 Å². The molecule has 2 atom stereocenters. The first-order valence-electron chi connectivity index (χ1n) is 7.09. The van der Waals surface area contributed by atoms with Gasteiger partial charge in [0.1, 0.15) is 17.9 Å². The van der Waals surface area contributed by atoms with E-state index in [1.54, 1.807) is 37.3 Å². The summed E-state index contributed by atoms with van der Waals surface area (Å²) in [6.45, 7) is 0.491. The predicted octanol–water partition coefficient (Wildman–Crippen LogP) is 1.83. The quantitative estimate of drug-likeness (QED) is 0.910. The molecule has 1 aromatic carbocycles. The summed E-state index contributed by atoms with van der Waals surface area (Å²) in [5, 5.41) is 9.31. The molecule has 7 nitrogen and oxygen atoms in total. The predicted molar refractivity (Wildman–Crippen MR) is 84.2 cm³/mol. The van der Waals surface area contributed by atoms with Gasteiger partial charge in [0.2, 0.25) is 0 Å². The van der Waals surface area contributed by atoms with Gasteiger partial charge in [0.05, 0.1) is 18.1 Å². The van der Waals surface area contributed by atoms with Gasteiger partial charge >= 0.3 is 5.97 Å². The van der Waals surface area contributed by atoms with E-state index in [2.05, 4.69) is 9.97 Å². The highest BCUT2D eigenvalue weighted by Gasteiger charge is 2.36. The van der Waals surface area contributed by atoms with Crippen LogP contribution in [0.15, 0.2) is 18.2 Å². The summed E-state index contributed by atoms with van der Waals surface area (Å²) in [6.07, 6.45) is 0.0796. The smallest absolute Gasteiger partial charge is 0.321 e. The molecule has 23 heavy (non-hydrogen) atoms. The molecule has 0 aliphatic carbocycles. The molecular formula is C15H16ClN3O4. The van der Waals surface area contributed by atoms with Crippen LogP contribution in [0.25, 0.3) is 11.0 Å². The van der Waals surface area contributed by atoms with Crippen LogP contribution in [-0.4, -0.2) is 58.8 Å². The zero-order valence-electron chi connectivity index (χ0n) is 12.7. The van der Waals surface area contributed by atoms with Crippen LogP contribution < -0.4 is 9.47 Å². The molecule has 0 amide bonds. The van der Waals surface area contributed by atoms with Crippen LogP contribution in [-0.2, 0) is 4.79 Å². The third kappa shape index (κ3) is 3.16. The number of ether oxygens (including phenoxy) is 2. The van der Waals surface area contributed by atoms with Gasteiger partial charge in [-0.2, -0.15) is 0 Å². The maximum Gasteiger partial charge on any atom is 0.321 e. The fourth-order valence-corrected chi connectivity index (χ4v) is 2.86. The van der Waals surface area contributed by atoms with E-state index in [1.165, 1.54) is 0 Å². The number of rotatable bonds is 4. The maximum atomic E-state index is 11.2. The number of aromatic nitrogens is 2. The summed E-state index contributed by atoms with van der Waals surface area (Å²) < 4.78 is 11.0. The number of halogens is 1. The summed E-state index contributed by atoms with van der Waals surface area (Å²) in [7, 11) is 3.32. The summed E-state index contributed by atoms with van der Waals surface area (Å²) in [6, 6.07) is 4.72. The molecule has 0 spiro atoms. The monoisotopic (exact) mass is 337 g/mol. The van der Waals surface area contributed by atoms with Crippen molar-refractivity contribution in [1.29, 1.82) is 0 Å². The fourth-order valence-electron chi connectivity index (χ4n) is 2.68. The first-order valence-corrected chi connectivity index (χ1v) is 7.46. The molecule has 1 N–H and O–H groups in total. The topological polar surface area (TPSA) is 84.8 Å². The second-order valence-corrected chi connectivity index (χ2v) is 5.80. The van der Waals surface area contributed by atoms with Crippen molar-refractivity contribution in [2.45, 2.75) is 18.6 Å².